The summed E-state index contributed by atoms with van der Waals surface area (Å²) in [5, 5.41) is 0. The Kier molecular flexibility index (Phi) is 5.13. The third-order valence-electron chi connectivity index (χ3n) is 5.42. The van der Waals surface area contributed by atoms with Crippen molar-refractivity contribution >= 4 is 22.9 Å². The fourth-order valence-corrected chi connectivity index (χ4v) is 5.37. The van der Waals surface area contributed by atoms with Crippen LogP contribution < -0.4 is 0 Å². The summed E-state index contributed by atoms with van der Waals surface area (Å²) < 4.78 is 0.840. The Hall–Kier alpha value is -2.36. The maximum Gasteiger partial charge on any atom is 0.0934 e. The molecule has 28 heavy (non-hydrogen) atoms. The van der Waals surface area contributed by atoms with Gasteiger partial charge in [-0.3, -0.25) is 4.98 Å². The third-order valence-corrected chi connectivity index (χ3v) is 6.68. The zero-order valence-corrected chi connectivity index (χ0v) is 17.8. The predicted octanol–water partition coefficient (Wildman–Crippen LogP) is 6.73. The van der Waals surface area contributed by atoms with Crippen LogP contribution in [0.1, 0.15) is 33.3 Å². The van der Waals surface area contributed by atoms with Crippen LogP contribution in [0.2, 0.25) is 4.34 Å². The summed E-state index contributed by atoms with van der Waals surface area (Å²) in [5.74, 6) is 0.223. The van der Waals surface area contributed by atoms with Gasteiger partial charge in [-0.2, -0.15) is 0 Å². The molecule has 1 aromatic carbocycles. The number of halogens is 1. The summed E-state index contributed by atoms with van der Waals surface area (Å²) in [6.07, 6.45) is 1.83. The highest BCUT2D eigenvalue weighted by atomic mass is 35.5. The Bertz CT molecular complexity index is 1070. The van der Waals surface area contributed by atoms with E-state index in [0.29, 0.717) is 0 Å². The van der Waals surface area contributed by atoms with Crippen molar-refractivity contribution in [2.24, 2.45) is 0 Å². The number of allylic oxidation sites excluding steroid dienone is 1. The van der Waals surface area contributed by atoms with Crippen LogP contribution in [0.15, 0.2) is 67.4 Å². The van der Waals surface area contributed by atoms with Gasteiger partial charge in [0.25, 0.3) is 0 Å². The molecule has 0 bridgehead atoms. The van der Waals surface area contributed by atoms with E-state index in [1.54, 1.807) is 11.3 Å². The van der Waals surface area contributed by atoms with Crippen molar-refractivity contribution in [2.75, 3.05) is 6.54 Å². The molecule has 3 aromatic rings. The molecule has 142 valence electrons. The molecule has 3 heterocycles. The normalized spacial score (nSPS) is 16.0. The van der Waals surface area contributed by atoms with Crippen LogP contribution in [-0.2, 0) is 6.54 Å². The molecule has 0 saturated heterocycles. The van der Waals surface area contributed by atoms with Crippen molar-refractivity contribution in [3.8, 4) is 11.1 Å². The predicted molar refractivity (Wildman–Crippen MR) is 120 cm³/mol. The first-order valence-electron chi connectivity index (χ1n) is 9.36. The van der Waals surface area contributed by atoms with Gasteiger partial charge in [0.15, 0.2) is 0 Å². The fourth-order valence-electron chi connectivity index (χ4n) is 4.02. The van der Waals surface area contributed by atoms with E-state index in [-0.39, 0.29) is 5.92 Å². The largest absolute Gasteiger partial charge is 0.366 e. The molecule has 2 aromatic heterocycles. The lowest BCUT2D eigenvalue weighted by Gasteiger charge is -2.35. The minimum Gasteiger partial charge on any atom is -0.366 e. The highest BCUT2D eigenvalue weighted by molar-refractivity contribution is 7.16. The molecular weight excluding hydrogens is 384 g/mol. The van der Waals surface area contributed by atoms with Crippen molar-refractivity contribution in [3.05, 3.63) is 99.1 Å². The molecule has 0 N–H and O–H groups in total. The number of benzene rings is 1. The second-order valence-corrected chi connectivity index (χ2v) is 9.00. The monoisotopic (exact) mass is 406 g/mol. The molecule has 0 aliphatic carbocycles. The Morgan fingerprint density at radius 2 is 1.96 bits per heavy atom. The van der Waals surface area contributed by atoms with E-state index in [4.69, 9.17) is 11.6 Å². The van der Waals surface area contributed by atoms with E-state index in [2.05, 4.69) is 72.4 Å². The van der Waals surface area contributed by atoms with Crippen LogP contribution in [0, 0.1) is 13.8 Å². The van der Waals surface area contributed by atoms with Gasteiger partial charge in [0.2, 0.25) is 0 Å². The van der Waals surface area contributed by atoms with E-state index < -0.39 is 0 Å². The molecule has 4 rings (SSSR count). The Morgan fingerprint density at radius 1 is 1.18 bits per heavy atom. The number of aromatic nitrogens is 1. The van der Waals surface area contributed by atoms with Crippen LogP contribution in [0.4, 0.5) is 0 Å². The van der Waals surface area contributed by atoms with E-state index in [1.807, 2.05) is 13.0 Å². The second kappa shape index (κ2) is 7.57. The summed E-state index contributed by atoms with van der Waals surface area (Å²) in [7, 11) is 0. The van der Waals surface area contributed by atoms with Gasteiger partial charge in [0.1, 0.15) is 0 Å². The average molecular weight is 407 g/mol. The van der Waals surface area contributed by atoms with Crippen LogP contribution in [-0.4, -0.2) is 16.4 Å². The van der Waals surface area contributed by atoms with Gasteiger partial charge < -0.3 is 4.90 Å². The van der Waals surface area contributed by atoms with E-state index in [1.165, 1.54) is 27.1 Å². The van der Waals surface area contributed by atoms with Crippen LogP contribution >= 0.6 is 22.9 Å². The molecule has 0 amide bonds. The highest BCUT2D eigenvalue weighted by Gasteiger charge is 2.30. The highest BCUT2D eigenvalue weighted by Crippen LogP contribution is 2.43. The number of thiophene rings is 1. The average Bonchev–Trinajstić information content (AvgIpc) is 3.07. The quantitative estimate of drug-likeness (QED) is 0.446. The van der Waals surface area contributed by atoms with E-state index >= 15 is 0 Å². The summed E-state index contributed by atoms with van der Waals surface area (Å²) in [6, 6.07) is 15.0. The summed E-state index contributed by atoms with van der Waals surface area (Å²) in [4.78, 5) is 8.28. The number of pyridine rings is 1. The third kappa shape index (κ3) is 3.41. The van der Waals surface area contributed by atoms with Gasteiger partial charge in [0, 0.05) is 40.0 Å². The molecule has 1 aliphatic heterocycles. The SMILES string of the molecule is C=CC(=C)N1Cc2sc(Cl)cc2C(c2ccccc2-c2ccc(C)nc2C)C1. The fraction of sp³-hybridized carbons (Fsp3) is 0.208. The molecule has 2 nitrogen and oxygen atoms in total. The van der Waals surface area contributed by atoms with Gasteiger partial charge in [-0.15, -0.1) is 11.3 Å². The van der Waals surface area contributed by atoms with Crippen LogP contribution in [0.25, 0.3) is 11.1 Å². The number of aryl methyl sites for hydroxylation is 2. The van der Waals surface area contributed by atoms with Crippen LogP contribution in [0.5, 0.6) is 0 Å². The van der Waals surface area contributed by atoms with Crippen molar-refractivity contribution in [1.29, 1.82) is 0 Å². The van der Waals surface area contributed by atoms with Crippen molar-refractivity contribution in [3.63, 3.8) is 0 Å². The molecule has 0 spiro atoms. The number of rotatable bonds is 4. The van der Waals surface area contributed by atoms with Crippen molar-refractivity contribution < 1.29 is 0 Å². The van der Waals surface area contributed by atoms with Gasteiger partial charge >= 0.3 is 0 Å². The first-order chi connectivity index (χ1) is 13.5. The van der Waals surface area contributed by atoms with Crippen molar-refractivity contribution in [2.45, 2.75) is 26.3 Å². The van der Waals surface area contributed by atoms with Gasteiger partial charge in [-0.25, -0.2) is 0 Å². The van der Waals surface area contributed by atoms with Gasteiger partial charge in [-0.1, -0.05) is 55.1 Å². The lowest BCUT2D eigenvalue weighted by molar-refractivity contribution is 0.319. The molecule has 0 fully saturated rings. The first-order valence-corrected chi connectivity index (χ1v) is 10.5. The summed E-state index contributed by atoms with van der Waals surface area (Å²) in [5.41, 5.74) is 8.09. The van der Waals surface area contributed by atoms with Gasteiger partial charge in [-0.05, 0) is 48.7 Å². The smallest absolute Gasteiger partial charge is 0.0934 e. The molecule has 1 atom stereocenters. The zero-order chi connectivity index (χ0) is 19.8. The molecular formula is C24H23ClN2S. The molecule has 0 saturated carbocycles. The number of nitrogens with zero attached hydrogens (tertiary/aromatic N) is 2. The molecule has 0 radical (unpaired) electrons. The number of fused-ring (bicyclic) bond motifs is 1. The Balaban J connectivity index is 1.86. The summed E-state index contributed by atoms with van der Waals surface area (Å²) >= 11 is 8.07. The molecule has 1 unspecified atom stereocenters. The lowest BCUT2D eigenvalue weighted by Crippen LogP contribution is -2.32. The van der Waals surface area contributed by atoms with Crippen LogP contribution in [0.3, 0.4) is 0 Å². The lowest BCUT2D eigenvalue weighted by atomic mass is 9.83. The second-order valence-electron chi connectivity index (χ2n) is 7.23. The zero-order valence-electron chi connectivity index (χ0n) is 16.2. The maximum absolute atomic E-state index is 6.41. The summed E-state index contributed by atoms with van der Waals surface area (Å²) in [6.45, 7) is 13.9. The van der Waals surface area contributed by atoms with E-state index in [9.17, 15) is 0 Å². The van der Waals surface area contributed by atoms with E-state index in [0.717, 1.165) is 34.5 Å². The molecule has 1 aliphatic rings. The van der Waals surface area contributed by atoms with Crippen molar-refractivity contribution in [1.82, 2.24) is 9.88 Å². The number of hydrogen-bond donors (Lipinski definition) is 0. The molecule has 4 heteroatoms. The minimum atomic E-state index is 0.223. The Labute approximate surface area is 175 Å². The Morgan fingerprint density at radius 3 is 2.71 bits per heavy atom. The first kappa shape index (κ1) is 19.0. The standard InChI is InChI=1S/C24H23ClN2S/c1-5-16(3)27-13-22(21-12-24(25)28-23(21)14-27)20-9-7-6-8-19(20)18-11-10-15(2)26-17(18)4/h5-12,22H,1,3,13-14H2,2,4H3. The topological polar surface area (TPSA) is 16.1 Å². The number of hydrogen-bond acceptors (Lipinski definition) is 3. The minimum absolute atomic E-state index is 0.223. The maximum atomic E-state index is 6.41. The van der Waals surface area contributed by atoms with Gasteiger partial charge in [0.05, 0.1) is 10.9 Å².